The van der Waals surface area contributed by atoms with Gasteiger partial charge >= 0.3 is 0 Å². The summed E-state index contributed by atoms with van der Waals surface area (Å²) in [6.45, 7) is 1.50. The topological polar surface area (TPSA) is 67.3 Å². The number of ether oxygens (including phenoxy) is 1. The normalized spacial score (nSPS) is 15.2. The second kappa shape index (κ2) is 6.90. The molecule has 2 aromatic heterocycles. The maximum absolute atomic E-state index is 8.93. The number of benzene rings is 2. The first-order chi connectivity index (χ1) is 14.1. The molecule has 1 aliphatic heterocycles. The first kappa shape index (κ1) is 17.7. The molecule has 29 heavy (non-hydrogen) atoms. The van der Waals surface area contributed by atoms with Gasteiger partial charge in [0.25, 0.3) is 0 Å². The van der Waals surface area contributed by atoms with Gasteiger partial charge in [0.05, 0.1) is 17.7 Å². The van der Waals surface area contributed by atoms with Crippen LogP contribution in [0.5, 0.6) is 11.6 Å². The molecule has 0 aliphatic carbocycles. The van der Waals surface area contributed by atoms with E-state index in [1.54, 1.807) is 12.6 Å². The van der Waals surface area contributed by atoms with Crippen LogP contribution in [0.25, 0.3) is 10.8 Å². The molecule has 146 valence electrons. The molecular formula is C23H22N4O2. The van der Waals surface area contributed by atoms with Crippen LogP contribution in [0.15, 0.2) is 65.5 Å². The summed E-state index contributed by atoms with van der Waals surface area (Å²) in [4.78, 5) is 6.65. The van der Waals surface area contributed by atoms with Crippen molar-refractivity contribution in [2.24, 2.45) is 0 Å². The number of furan rings is 1. The number of nitrogens with zero attached hydrogens (tertiary/aromatic N) is 3. The van der Waals surface area contributed by atoms with Crippen molar-refractivity contribution in [1.29, 1.82) is 5.41 Å². The number of aromatic nitrogens is 2. The predicted octanol–water partition coefficient (Wildman–Crippen LogP) is 3.96. The molecule has 0 saturated heterocycles. The number of nitrogens with one attached hydrogen (secondary N) is 1. The van der Waals surface area contributed by atoms with Crippen molar-refractivity contribution in [3.05, 3.63) is 83.5 Å². The Balaban J connectivity index is 1.77. The zero-order valence-corrected chi connectivity index (χ0v) is 16.4. The Kier molecular flexibility index (Phi) is 4.21. The van der Waals surface area contributed by atoms with E-state index in [-0.39, 0.29) is 5.92 Å². The lowest BCUT2D eigenvalue weighted by atomic mass is 9.84. The highest BCUT2D eigenvalue weighted by Crippen LogP contribution is 2.47. The maximum atomic E-state index is 8.93. The molecule has 1 aliphatic rings. The van der Waals surface area contributed by atoms with E-state index < -0.39 is 0 Å². The van der Waals surface area contributed by atoms with Crippen LogP contribution in [-0.4, -0.2) is 35.1 Å². The summed E-state index contributed by atoms with van der Waals surface area (Å²) >= 11 is 0. The second-order valence-electron chi connectivity index (χ2n) is 7.56. The first-order valence-corrected chi connectivity index (χ1v) is 9.65. The van der Waals surface area contributed by atoms with E-state index in [9.17, 15) is 0 Å². The van der Waals surface area contributed by atoms with E-state index >= 15 is 0 Å². The predicted molar refractivity (Wildman–Crippen MR) is 110 cm³/mol. The SMILES string of the molecule is CN(C)CCn1cnc2c(c1=N)[C@H](c1ccco1)c1c(ccc3ccccc13)O2. The largest absolute Gasteiger partial charge is 0.468 e. The minimum atomic E-state index is -0.248. The molecule has 0 bridgehead atoms. The summed E-state index contributed by atoms with van der Waals surface area (Å²) in [5, 5.41) is 11.2. The molecule has 1 atom stereocenters. The van der Waals surface area contributed by atoms with Gasteiger partial charge < -0.3 is 18.6 Å². The van der Waals surface area contributed by atoms with Gasteiger partial charge in [-0.05, 0) is 43.1 Å². The fourth-order valence-corrected chi connectivity index (χ4v) is 3.98. The molecule has 6 heteroatoms. The molecule has 0 unspecified atom stereocenters. The summed E-state index contributed by atoms with van der Waals surface area (Å²) in [6.07, 6.45) is 3.37. The quantitative estimate of drug-likeness (QED) is 0.508. The third kappa shape index (κ3) is 2.93. The van der Waals surface area contributed by atoms with E-state index in [0.717, 1.165) is 40.0 Å². The molecule has 0 fully saturated rings. The third-order valence-corrected chi connectivity index (χ3v) is 5.42. The van der Waals surface area contributed by atoms with E-state index in [1.165, 1.54) is 0 Å². The van der Waals surface area contributed by atoms with Crippen LogP contribution in [0.4, 0.5) is 0 Å². The number of rotatable bonds is 4. The van der Waals surface area contributed by atoms with Crippen LogP contribution in [0.1, 0.15) is 22.8 Å². The standard InChI is InChI=1S/C23H22N4O2/c1-26(2)11-12-27-14-25-23-21(22(27)24)20(17-8-5-13-28-17)19-16-7-4-3-6-15(16)9-10-18(19)29-23/h3-10,13-14,20,24H,11-12H2,1-2H3/t20-/m1/s1. The minimum Gasteiger partial charge on any atom is -0.468 e. The Morgan fingerprint density at radius 3 is 2.72 bits per heavy atom. The van der Waals surface area contributed by atoms with Gasteiger partial charge in [-0.3, -0.25) is 5.41 Å². The van der Waals surface area contributed by atoms with Crippen LogP contribution in [0.3, 0.4) is 0 Å². The molecule has 0 amide bonds. The number of hydrogen-bond acceptors (Lipinski definition) is 5. The lowest BCUT2D eigenvalue weighted by Crippen LogP contribution is -2.32. The molecule has 1 N–H and O–H groups in total. The average molecular weight is 386 g/mol. The van der Waals surface area contributed by atoms with Gasteiger partial charge in [0.2, 0.25) is 5.88 Å². The Hall–Kier alpha value is -3.38. The van der Waals surface area contributed by atoms with Gasteiger partial charge in [-0.25, -0.2) is 4.98 Å². The van der Waals surface area contributed by atoms with E-state index in [0.29, 0.717) is 17.9 Å². The van der Waals surface area contributed by atoms with Crippen LogP contribution in [-0.2, 0) is 6.54 Å². The van der Waals surface area contributed by atoms with Crippen molar-refractivity contribution < 1.29 is 9.15 Å². The van der Waals surface area contributed by atoms with Crippen molar-refractivity contribution in [2.75, 3.05) is 20.6 Å². The van der Waals surface area contributed by atoms with Crippen molar-refractivity contribution in [3.8, 4) is 11.6 Å². The van der Waals surface area contributed by atoms with E-state index in [2.05, 4.69) is 28.1 Å². The second-order valence-corrected chi connectivity index (χ2v) is 7.56. The zero-order valence-electron chi connectivity index (χ0n) is 16.4. The molecule has 0 spiro atoms. The molecule has 6 nitrogen and oxygen atoms in total. The van der Waals surface area contributed by atoms with Crippen molar-refractivity contribution in [1.82, 2.24) is 14.5 Å². The van der Waals surface area contributed by atoms with Crippen LogP contribution < -0.4 is 10.2 Å². The lowest BCUT2D eigenvalue weighted by Gasteiger charge is -2.28. The average Bonchev–Trinajstić information content (AvgIpc) is 3.26. The highest BCUT2D eigenvalue weighted by Gasteiger charge is 2.35. The number of likely N-dealkylation sites (N-methyl/N-ethyl adjacent to an activating group) is 1. The molecule has 3 heterocycles. The van der Waals surface area contributed by atoms with Gasteiger partial charge in [0.1, 0.15) is 23.3 Å². The molecule has 0 radical (unpaired) electrons. The Morgan fingerprint density at radius 1 is 1.07 bits per heavy atom. The molecule has 2 aromatic carbocycles. The van der Waals surface area contributed by atoms with Crippen LogP contribution in [0, 0.1) is 5.41 Å². The summed E-state index contributed by atoms with van der Waals surface area (Å²) < 4.78 is 13.9. The van der Waals surface area contributed by atoms with E-state index in [1.807, 2.05) is 49.0 Å². The molecule has 4 aromatic rings. The Labute approximate surface area is 168 Å². The zero-order chi connectivity index (χ0) is 20.0. The van der Waals surface area contributed by atoms with Gasteiger partial charge in [-0.15, -0.1) is 0 Å². The van der Waals surface area contributed by atoms with Crippen molar-refractivity contribution in [3.63, 3.8) is 0 Å². The van der Waals surface area contributed by atoms with E-state index in [4.69, 9.17) is 14.6 Å². The third-order valence-electron chi connectivity index (χ3n) is 5.42. The Bertz CT molecular complexity index is 1240. The fraction of sp³-hybridized carbons (Fsp3) is 0.217. The monoisotopic (exact) mass is 386 g/mol. The number of fused-ring (bicyclic) bond motifs is 4. The highest BCUT2D eigenvalue weighted by atomic mass is 16.5. The number of hydrogen-bond donors (Lipinski definition) is 1. The van der Waals surface area contributed by atoms with Crippen molar-refractivity contribution >= 4 is 10.8 Å². The molecule has 0 saturated carbocycles. The fourth-order valence-electron chi connectivity index (χ4n) is 3.98. The van der Waals surface area contributed by atoms with Gasteiger partial charge in [0, 0.05) is 18.7 Å². The summed E-state index contributed by atoms with van der Waals surface area (Å²) in [5.74, 6) is 1.77. The highest BCUT2D eigenvalue weighted by molar-refractivity contribution is 5.90. The van der Waals surface area contributed by atoms with Gasteiger partial charge in [-0.2, -0.15) is 0 Å². The summed E-state index contributed by atoms with van der Waals surface area (Å²) in [7, 11) is 4.04. The minimum absolute atomic E-state index is 0.248. The summed E-state index contributed by atoms with van der Waals surface area (Å²) in [5.41, 5.74) is 2.16. The first-order valence-electron chi connectivity index (χ1n) is 9.65. The smallest absolute Gasteiger partial charge is 0.228 e. The van der Waals surface area contributed by atoms with Crippen LogP contribution in [0.2, 0.25) is 0 Å². The van der Waals surface area contributed by atoms with Gasteiger partial charge in [0.15, 0.2) is 0 Å². The molecular weight excluding hydrogens is 364 g/mol. The van der Waals surface area contributed by atoms with Crippen molar-refractivity contribution in [2.45, 2.75) is 12.5 Å². The Morgan fingerprint density at radius 2 is 1.93 bits per heavy atom. The summed E-state index contributed by atoms with van der Waals surface area (Å²) in [6, 6.07) is 16.1. The van der Waals surface area contributed by atoms with Crippen LogP contribution >= 0.6 is 0 Å². The lowest BCUT2D eigenvalue weighted by molar-refractivity contribution is 0.369. The van der Waals surface area contributed by atoms with Gasteiger partial charge in [-0.1, -0.05) is 30.3 Å². The maximum Gasteiger partial charge on any atom is 0.228 e. The molecule has 5 rings (SSSR count).